The Balaban J connectivity index is 1.34. The van der Waals surface area contributed by atoms with Gasteiger partial charge in [-0.15, -0.1) is 10.2 Å². The van der Waals surface area contributed by atoms with Gasteiger partial charge in [-0.05, 0) is 39.6 Å². The molecule has 2 amide bonds. The molecule has 2 fully saturated rings. The number of urea groups is 1. The molecule has 1 aliphatic carbocycles. The summed E-state index contributed by atoms with van der Waals surface area (Å²) in [6.45, 7) is 6.31. The molecule has 5 nitrogen and oxygen atoms in total. The van der Waals surface area contributed by atoms with E-state index in [2.05, 4.69) is 46.2 Å². The molecule has 4 rings (SSSR count). The molecule has 2 atom stereocenters. The second-order valence-corrected chi connectivity index (χ2v) is 8.52. The van der Waals surface area contributed by atoms with Crippen molar-refractivity contribution in [2.75, 3.05) is 18.4 Å². The summed E-state index contributed by atoms with van der Waals surface area (Å²) in [5.74, 6) is 1.34. The normalized spacial score (nSPS) is 25.1. The van der Waals surface area contributed by atoms with Gasteiger partial charge in [0.05, 0.1) is 0 Å². The molecule has 22 heavy (non-hydrogen) atoms. The average molecular weight is 334 g/mol. The Kier molecular flexibility index (Phi) is 3.23. The van der Waals surface area contributed by atoms with Crippen molar-refractivity contribution in [3.63, 3.8) is 0 Å². The Morgan fingerprint density at radius 2 is 2.18 bits per heavy atom. The van der Waals surface area contributed by atoms with Gasteiger partial charge < -0.3 is 4.90 Å². The van der Waals surface area contributed by atoms with Crippen LogP contribution in [-0.2, 0) is 6.42 Å². The van der Waals surface area contributed by atoms with Crippen LogP contribution >= 0.6 is 22.7 Å². The van der Waals surface area contributed by atoms with E-state index in [9.17, 15) is 4.79 Å². The van der Waals surface area contributed by atoms with Crippen LogP contribution in [0.1, 0.15) is 24.4 Å². The van der Waals surface area contributed by atoms with Gasteiger partial charge in [0.2, 0.25) is 5.13 Å². The van der Waals surface area contributed by atoms with Crippen LogP contribution in [0.3, 0.4) is 0 Å². The number of likely N-dealkylation sites (tertiary alicyclic amines) is 1. The van der Waals surface area contributed by atoms with Crippen molar-refractivity contribution in [1.82, 2.24) is 15.1 Å². The van der Waals surface area contributed by atoms with Crippen molar-refractivity contribution in [3.8, 4) is 0 Å². The maximum atomic E-state index is 12.3. The minimum absolute atomic E-state index is 0.0405. The highest BCUT2D eigenvalue weighted by Gasteiger charge is 2.62. The molecular formula is C15H18N4OS2. The summed E-state index contributed by atoms with van der Waals surface area (Å²) in [6.07, 6.45) is 0.777. The minimum Gasteiger partial charge on any atom is -0.324 e. The fraction of sp³-hybridized carbons (Fsp3) is 0.533. The fourth-order valence-electron chi connectivity index (χ4n) is 3.41. The molecule has 0 bridgehead atoms. The summed E-state index contributed by atoms with van der Waals surface area (Å²) >= 11 is 3.13. The van der Waals surface area contributed by atoms with Crippen LogP contribution in [0.25, 0.3) is 0 Å². The van der Waals surface area contributed by atoms with Gasteiger partial charge in [-0.25, -0.2) is 4.79 Å². The maximum absolute atomic E-state index is 12.3. The Morgan fingerprint density at radius 3 is 2.86 bits per heavy atom. The Bertz CT molecular complexity index is 680. The lowest BCUT2D eigenvalue weighted by molar-refractivity contribution is 0.209. The molecule has 0 unspecified atom stereocenters. The Hall–Kier alpha value is -1.47. The lowest BCUT2D eigenvalue weighted by atomic mass is 10.1. The third-order valence-electron chi connectivity index (χ3n) is 5.03. The van der Waals surface area contributed by atoms with Crippen molar-refractivity contribution in [3.05, 3.63) is 27.4 Å². The second-order valence-electron chi connectivity index (χ2n) is 6.68. The third-order valence-corrected chi connectivity index (χ3v) is 6.60. The molecule has 1 saturated carbocycles. The smallest absolute Gasteiger partial charge is 0.323 e. The highest BCUT2D eigenvalue weighted by molar-refractivity contribution is 7.15. The van der Waals surface area contributed by atoms with Gasteiger partial charge in [-0.2, -0.15) is 11.3 Å². The quantitative estimate of drug-likeness (QED) is 0.937. The number of carbonyl (C=O) groups excluding carboxylic acids is 1. The van der Waals surface area contributed by atoms with E-state index >= 15 is 0 Å². The summed E-state index contributed by atoms with van der Waals surface area (Å²) in [6, 6.07) is 2.05. The summed E-state index contributed by atoms with van der Waals surface area (Å²) in [7, 11) is 0. The molecule has 0 aromatic carbocycles. The summed E-state index contributed by atoms with van der Waals surface area (Å²) in [5, 5.41) is 16.8. The van der Waals surface area contributed by atoms with E-state index in [1.54, 1.807) is 11.3 Å². The highest BCUT2D eigenvalue weighted by atomic mass is 32.1. The Labute approximate surface area is 137 Å². The molecule has 7 heteroatoms. The SMILES string of the molecule is CC1(C)[C@@H]2CN(C(=O)Nc3nnc(Cc4ccsc4)s3)C[C@@H]21. The number of hydrogen-bond donors (Lipinski definition) is 1. The highest BCUT2D eigenvalue weighted by Crippen LogP contribution is 2.61. The lowest BCUT2D eigenvalue weighted by Crippen LogP contribution is -2.36. The molecule has 1 N–H and O–H groups in total. The molecule has 2 aliphatic rings. The van der Waals surface area contributed by atoms with Gasteiger partial charge in [0.15, 0.2) is 0 Å². The van der Waals surface area contributed by atoms with Crippen LogP contribution in [0.2, 0.25) is 0 Å². The number of hydrogen-bond acceptors (Lipinski definition) is 5. The van der Waals surface area contributed by atoms with E-state index in [1.807, 2.05) is 4.90 Å². The van der Waals surface area contributed by atoms with Crippen molar-refractivity contribution >= 4 is 33.8 Å². The summed E-state index contributed by atoms with van der Waals surface area (Å²) in [5.41, 5.74) is 1.66. The zero-order chi connectivity index (χ0) is 15.3. The maximum Gasteiger partial charge on any atom is 0.323 e. The van der Waals surface area contributed by atoms with Gasteiger partial charge in [0, 0.05) is 19.5 Å². The largest absolute Gasteiger partial charge is 0.324 e. The van der Waals surface area contributed by atoms with Crippen LogP contribution in [0.5, 0.6) is 0 Å². The summed E-state index contributed by atoms with van der Waals surface area (Å²) < 4.78 is 0. The molecule has 3 heterocycles. The van der Waals surface area contributed by atoms with Gasteiger partial charge in [-0.1, -0.05) is 25.2 Å². The van der Waals surface area contributed by atoms with Crippen molar-refractivity contribution in [1.29, 1.82) is 0 Å². The number of thiophene rings is 1. The standard InChI is InChI=1S/C15H18N4OS2/c1-15(2)10-6-19(7-11(10)15)14(20)16-13-18-17-12(22-13)5-9-3-4-21-8-9/h3-4,8,10-11H,5-7H2,1-2H3,(H,16,18,20)/t10-,11+. The molecule has 0 radical (unpaired) electrons. The zero-order valence-corrected chi connectivity index (χ0v) is 14.2. The number of fused-ring (bicyclic) bond motifs is 1. The lowest BCUT2D eigenvalue weighted by Gasteiger charge is -2.21. The zero-order valence-electron chi connectivity index (χ0n) is 12.6. The van der Waals surface area contributed by atoms with Crippen LogP contribution < -0.4 is 5.32 Å². The molecule has 0 spiro atoms. The van der Waals surface area contributed by atoms with Crippen LogP contribution in [0.4, 0.5) is 9.93 Å². The van der Waals surface area contributed by atoms with Gasteiger partial charge in [0.1, 0.15) is 5.01 Å². The molecule has 1 saturated heterocycles. The minimum atomic E-state index is -0.0405. The number of nitrogens with one attached hydrogen (secondary N) is 1. The van der Waals surface area contributed by atoms with E-state index in [0.29, 0.717) is 22.4 Å². The van der Waals surface area contributed by atoms with Crippen molar-refractivity contribution in [2.45, 2.75) is 20.3 Å². The first-order valence-corrected chi connectivity index (χ1v) is 9.19. The molecule has 2 aromatic rings. The Morgan fingerprint density at radius 1 is 1.41 bits per heavy atom. The first kappa shape index (κ1) is 14.1. The number of piperidine rings is 1. The fourth-order valence-corrected chi connectivity index (χ4v) is 4.84. The van der Waals surface area contributed by atoms with E-state index in [4.69, 9.17) is 0 Å². The van der Waals surface area contributed by atoms with Crippen LogP contribution in [0.15, 0.2) is 16.8 Å². The predicted octanol–water partition coefficient (Wildman–Crippen LogP) is 3.31. The summed E-state index contributed by atoms with van der Waals surface area (Å²) in [4.78, 5) is 14.2. The topological polar surface area (TPSA) is 58.1 Å². The number of nitrogens with zero attached hydrogens (tertiary/aromatic N) is 3. The number of carbonyl (C=O) groups is 1. The van der Waals surface area contributed by atoms with E-state index in [0.717, 1.165) is 24.5 Å². The van der Waals surface area contributed by atoms with E-state index in [-0.39, 0.29) is 6.03 Å². The van der Waals surface area contributed by atoms with Crippen LogP contribution in [0, 0.1) is 17.3 Å². The van der Waals surface area contributed by atoms with Crippen molar-refractivity contribution < 1.29 is 4.79 Å². The van der Waals surface area contributed by atoms with Gasteiger partial charge in [0.25, 0.3) is 0 Å². The van der Waals surface area contributed by atoms with E-state index in [1.165, 1.54) is 16.9 Å². The number of amides is 2. The molecular weight excluding hydrogens is 316 g/mol. The molecule has 1 aliphatic heterocycles. The third kappa shape index (κ3) is 2.42. The molecule has 2 aromatic heterocycles. The number of rotatable bonds is 3. The number of aromatic nitrogens is 2. The second kappa shape index (κ2) is 5.03. The van der Waals surface area contributed by atoms with E-state index < -0.39 is 0 Å². The van der Waals surface area contributed by atoms with Gasteiger partial charge >= 0.3 is 6.03 Å². The van der Waals surface area contributed by atoms with Crippen molar-refractivity contribution in [2.24, 2.45) is 17.3 Å². The van der Waals surface area contributed by atoms with Gasteiger partial charge in [-0.3, -0.25) is 5.32 Å². The average Bonchev–Trinajstić information content (AvgIpc) is 3.05. The van der Waals surface area contributed by atoms with Crippen LogP contribution in [-0.4, -0.2) is 34.2 Å². The monoisotopic (exact) mass is 334 g/mol. The first-order valence-electron chi connectivity index (χ1n) is 7.43. The molecule has 116 valence electrons. The predicted molar refractivity (Wildman–Crippen MR) is 88.4 cm³/mol. The number of anilines is 1. The first-order chi connectivity index (χ1) is 10.5.